The van der Waals surface area contributed by atoms with E-state index in [1.807, 2.05) is 24.3 Å². The van der Waals surface area contributed by atoms with E-state index in [0.717, 1.165) is 29.9 Å². The summed E-state index contributed by atoms with van der Waals surface area (Å²) in [6.07, 6.45) is 0. The highest BCUT2D eigenvalue weighted by molar-refractivity contribution is 5.95. The van der Waals surface area contributed by atoms with E-state index in [1.54, 1.807) is 24.0 Å². The number of piperazine rings is 1. The number of amides is 1. The molecule has 2 aromatic carbocycles. The monoisotopic (exact) mass is 379 g/mol. The number of carbonyl (C=O) groups is 1. The van der Waals surface area contributed by atoms with Crippen molar-refractivity contribution in [3.8, 4) is 0 Å². The van der Waals surface area contributed by atoms with Gasteiger partial charge in [0, 0.05) is 43.4 Å². The molecule has 1 N–H and O–H groups in total. The highest BCUT2D eigenvalue weighted by Gasteiger charge is 2.24. The summed E-state index contributed by atoms with van der Waals surface area (Å²) in [7, 11) is 0. The highest BCUT2D eigenvalue weighted by Crippen LogP contribution is 2.21. The fourth-order valence-corrected chi connectivity index (χ4v) is 3.52. The first-order chi connectivity index (χ1) is 13.5. The molecule has 1 aliphatic heterocycles. The smallest absolute Gasteiger partial charge is 0.273 e. The normalized spacial score (nSPS) is 15.1. The van der Waals surface area contributed by atoms with Crippen molar-refractivity contribution in [1.82, 2.24) is 19.8 Å². The Morgan fingerprint density at radius 1 is 1.18 bits per heavy atom. The Morgan fingerprint density at radius 2 is 1.93 bits per heavy atom. The summed E-state index contributed by atoms with van der Waals surface area (Å²) in [5.41, 5.74) is 2.87. The predicted octanol–water partition coefficient (Wildman–Crippen LogP) is 2.74. The van der Waals surface area contributed by atoms with E-state index in [0.29, 0.717) is 30.8 Å². The molecule has 0 atom stereocenters. The van der Waals surface area contributed by atoms with Gasteiger partial charge in [-0.05, 0) is 25.1 Å². The van der Waals surface area contributed by atoms with Crippen molar-refractivity contribution >= 4 is 22.6 Å². The van der Waals surface area contributed by atoms with Crippen LogP contribution in [0.5, 0.6) is 0 Å². The molecule has 1 aromatic heterocycles. The van der Waals surface area contributed by atoms with Crippen LogP contribution in [0.1, 0.15) is 21.7 Å². The molecule has 0 spiro atoms. The minimum absolute atomic E-state index is 0.0191. The van der Waals surface area contributed by atoms with Crippen LogP contribution in [0.25, 0.3) is 11.0 Å². The van der Waals surface area contributed by atoms with E-state index in [2.05, 4.69) is 14.9 Å². The zero-order valence-electron chi connectivity index (χ0n) is 15.6. The number of nitrogens with one attached hydrogen (secondary N) is 1. The summed E-state index contributed by atoms with van der Waals surface area (Å²) in [6.45, 7) is 5.00. The minimum atomic E-state index is -0.447. The molecule has 8 heteroatoms. The Kier molecular flexibility index (Phi) is 4.79. The van der Waals surface area contributed by atoms with Crippen LogP contribution in [0, 0.1) is 17.0 Å². The summed E-state index contributed by atoms with van der Waals surface area (Å²) >= 11 is 0. The molecule has 0 saturated carbocycles. The Balaban J connectivity index is 1.39. The number of rotatable bonds is 4. The summed E-state index contributed by atoms with van der Waals surface area (Å²) in [6, 6.07) is 12.6. The van der Waals surface area contributed by atoms with E-state index in [4.69, 9.17) is 0 Å². The molecule has 144 valence electrons. The van der Waals surface area contributed by atoms with Crippen LogP contribution in [0.15, 0.2) is 42.5 Å². The van der Waals surface area contributed by atoms with Gasteiger partial charge in [-0.15, -0.1) is 0 Å². The van der Waals surface area contributed by atoms with Crippen LogP contribution in [-0.2, 0) is 6.54 Å². The summed E-state index contributed by atoms with van der Waals surface area (Å²) in [5, 5.41) is 11.1. The zero-order chi connectivity index (χ0) is 19.7. The first-order valence-corrected chi connectivity index (χ1v) is 9.21. The predicted molar refractivity (Wildman–Crippen MR) is 105 cm³/mol. The maximum absolute atomic E-state index is 12.7. The Hall–Kier alpha value is -3.26. The minimum Gasteiger partial charge on any atom is -0.341 e. The largest absolute Gasteiger partial charge is 0.341 e. The molecule has 2 heterocycles. The molecule has 3 aromatic rings. The highest BCUT2D eigenvalue weighted by atomic mass is 16.6. The molecule has 0 radical (unpaired) electrons. The average Bonchev–Trinajstić information content (AvgIpc) is 3.10. The number of aromatic amines is 1. The number of imidazole rings is 1. The van der Waals surface area contributed by atoms with Gasteiger partial charge in [0.05, 0.1) is 22.5 Å². The van der Waals surface area contributed by atoms with E-state index >= 15 is 0 Å². The third-order valence-corrected chi connectivity index (χ3v) is 5.12. The maximum atomic E-state index is 12.7. The molecule has 1 fully saturated rings. The van der Waals surface area contributed by atoms with Crippen LogP contribution in [0.4, 0.5) is 5.69 Å². The summed E-state index contributed by atoms with van der Waals surface area (Å²) in [5.74, 6) is 0.752. The van der Waals surface area contributed by atoms with Gasteiger partial charge < -0.3 is 9.88 Å². The molecule has 1 saturated heterocycles. The van der Waals surface area contributed by atoms with Crippen molar-refractivity contribution in [3.05, 3.63) is 69.5 Å². The number of nitro benzene ring substituents is 1. The number of aryl methyl sites for hydroxylation is 1. The number of nitro groups is 1. The van der Waals surface area contributed by atoms with Crippen molar-refractivity contribution in [2.24, 2.45) is 0 Å². The first-order valence-electron chi connectivity index (χ1n) is 9.21. The number of fused-ring (bicyclic) bond motifs is 1. The standard InChI is InChI=1S/C20H21N5O3/c1-14-6-7-15(12-18(14)25(27)28)20(26)24-10-8-23(9-11-24)13-19-21-16-4-2-3-5-17(16)22-19/h2-7,12H,8-11,13H2,1H3,(H,21,22). The molecule has 8 nitrogen and oxygen atoms in total. The second-order valence-electron chi connectivity index (χ2n) is 7.03. The molecular weight excluding hydrogens is 358 g/mol. The number of nitrogens with zero attached hydrogens (tertiary/aromatic N) is 4. The van der Waals surface area contributed by atoms with Crippen LogP contribution < -0.4 is 0 Å². The zero-order valence-corrected chi connectivity index (χ0v) is 15.6. The van der Waals surface area contributed by atoms with E-state index in [-0.39, 0.29) is 11.6 Å². The van der Waals surface area contributed by atoms with Gasteiger partial charge >= 0.3 is 0 Å². The number of hydrogen-bond donors (Lipinski definition) is 1. The number of H-pyrrole nitrogens is 1. The molecule has 1 aliphatic rings. The number of hydrogen-bond acceptors (Lipinski definition) is 5. The maximum Gasteiger partial charge on any atom is 0.273 e. The second kappa shape index (κ2) is 7.40. The van der Waals surface area contributed by atoms with Gasteiger partial charge in [0.1, 0.15) is 5.82 Å². The van der Waals surface area contributed by atoms with E-state index in [9.17, 15) is 14.9 Å². The summed E-state index contributed by atoms with van der Waals surface area (Å²) < 4.78 is 0. The molecule has 28 heavy (non-hydrogen) atoms. The summed E-state index contributed by atoms with van der Waals surface area (Å²) in [4.78, 5) is 35.3. The molecular formula is C20H21N5O3. The van der Waals surface area contributed by atoms with Crippen LogP contribution >= 0.6 is 0 Å². The lowest BCUT2D eigenvalue weighted by atomic mass is 10.1. The molecule has 0 unspecified atom stereocenters. The van der Waals surface area contributed by atoms with Gasteiger partial charge in [-0.25, -0.2) is 4.98 Å². The topological polar surface area (TPSA) is 95.4 Å². The third-order valence-electron chi connectivity index (χ3n) is 5.12. The lowest BCUT2D eigenvalue weighted by Gasteiger charge is -2.34. The molecule has 1 amide bonds. The van der Waals surface area contributed by atoms with Crippen LogP contribution in [-0.4, -0.2) is 56.8 Å². The number of carbonyl (C=O) groups excluding carboxylic acids is 1. The van der Waals surface area contributed by atoms with E-state index < -0.39 is 4.92 Å². The van der Waals surface area contributed by atoms with Crippen LogP contribution in [0.2, 0.25) is 0 Å². The fraction of sp³-hybridized carbons (Fsp3) is 0.300. The molecule has 4 rings (SSSR count). The Morgan fingerprint density at radius 3 is 2.64 bits per heavy atom. The number of benzene rings is 2. The second-order valence-corrected chi connectivity index (χ2v) is 7.03. The first kappa shape index (κ1) is 18.1. The Labute approximate surface area is 161 Å². The lowest BCUT2D eigenvalue weighted by molar-refractivity contribution is -0.385. The van der Waals surface area contributed by atoms with Gasteiger partial charge in [0.15, 0.2) is 0 Å². The lowest BCUT2D eigenvalue weighted by Crippen LogP contribution is -2.48. The van der Waals surface area contributed by atoms with Crippen LogP contribution in [0.3, 0.4) is 0 Å². The Bertz CT molecular complexity index is 1000. The van der Waals surface area contributed by atoms with Crippen molar-refractivity contribution in [1.29, 1.82) is 0 Å². The third kappa shape index (κ3) is 3.59. The van der Waals surface area contributed by atoms with Crippen molar-refractivity contribution < 1.29 is 9.72 Å². The van der Waals surface area contributed by atoms with Gasteiger partial charge in [-0.3, -0.25) is 19.8 Å². The average molecular weight is 379 g/mol. The molecule has 0 bridgehead atoms. The SMILES string of the molecule is Cc1ccc(C(=O)N2CCN(Cc3nc4ccccc4[nH]3)CC2)cc1[N+](=O)[O-]. The fourth-order valence-electron chi connectivity index (χ4n) is 3.52. The number of para-hydroxylation sites is 2. The van der Waals surface area contributed by atoms with Gasteiger partial charge in [-0.1, -0.05) is 18.2 Å². The van der Waals surface area contributed by atoms with Crippen molar-refractivity contribution in [2.45, 2.75) is 13.5 Å². The van der Waals surface area contributed by atoms with Crippen molar-refractivity contribution in [2.75, 3.05) is 26.2 Å². The van der Waals surface area contributed by atoms with Gasteiger partial charge in [0.25, 0.3) is 11.6 Å². The van der Waals surface area contributed by atoms with Gasteiger partial charge in [-0.2, -0.15) is 0 Å². The number of aromatic nitrogens is 2. The quantitative estimate of drug-likeness (QED) is 0.555. The van der Waals surface area contributed by atoms with Crippen molar-refractivity contribution in [3.63, 3.8) is 0 Å². The van der Waals surface area contributed by atoms with Gasteiger partial charge in [0.2, 0.25) is 0 Å². The molecule has 0 aliphatic carbocycles. The van der Waals surface area contributed by atoms with E-state index in [1.165, 1.54) is 6.07 Å².